The molecule has 3 aromatic heterocycles. The highest BCUT2D eigenvalue weighted by atomic mass is 19.3. The Labute approximate surface area is 372 Å². The summed E-state index contributed by atoms with van der Waals surface area (Å²) in [4.78, 5) is 74.4. The molecule has 0 radical (unpaired) electrons. The molecule has 5 amide bonds. The lowest BCUT2D eigenvalue weighted by atomic mass is 9.85. The van der Waals surface area contributed by atoms with Crippen LogP contribution in [0.4, 0.5) is 26.0 Å². The van der Waals surface area contributed by atoms with Crippen LogP contribution in [0.2, 0.25) is 0 Å². The predicted molar refractivity (Wildman–Crippen MR) is 228 cm³/mol. The van der Waals surface area contributed by atoms with Crippen molar-refractivity contribution in [1.29, 1.82) is 0 Å². The topological polar surface area (TPSA) is 207 Å². The normalized spacial score (nSPS) is 25.8. The second kappa shape index (κ2) is 18.2. The number of halogens is 2. The predicted octanol–water partition coefficient (Wildman–Crippen LogP) is 3.45. The van der Waals surface area contributed by atoms with Crippen LogP contribution in [-0.2, 0) is 23.8 Å². The minimum Gasteiger partial charge on any atom is -0.384 e. The van der Waals surface area contributed by atoms with Gasteiger partial charge in [-0.1, -0.05) is 6.07 Å². The molecule has 5 fully saturated rings. The molecule has 8 heterocycles. The minimum atomic E-state index is -2.88. The number of anilines is 3. The molecule has 65 heavy (non-hydrogen) atoms. The molecule has 4 saturated heterocycles. The molecular formula is C44H51F2N11O8. The first-order valence-electron chi connectivity index (χ1n) is 22.5. The lowest BCUT2D eigenvalue weighted by Crippen LogP contribution is -2.54. The Morgan fingerprint density at radius 3 is 2.65 bits per heavy atom. The third kappa shape index (κ3) is 8.68. The van der Waals surface area contributed by atoms with Crippen LogP contribution in [-0.4, -0.2) is 147 Å². The highest BCUT2D eigenvalue weighted by Crippen LogP contribution is 2.37. The Hall–Kier alpha value is -5.90. The van der Waals surface area contributed by atoms with Crippen LogP contribution in [0.15, 0.2) is 42.9 Å². The molecule has 344 valence electrons. The van der Waals surface area contributed by atoms with E-state index in [1.165, 1.54) is 16.9 Å². The number of nitrogens with one attached hydrogen (secondary N) is 3. The fourth-order valence-corrected chi connectivity index (χ4v) is 10.2. The Morgan fingerprint density at radius 2 is 1.86 bits per heavy atom. The second-order valence-corrected chi connectivity index (χ2v) is 17.7. The van der Waals surface area contributed by atoms with Crippen LogP contribution in [0.1, 0.15) is 101 Å². The number of alkyl halides is 2. The van der Waals surface area contributed by atoms with E-state index in [9.17, 15) is 32.8 Å². The number of hydrogen-bond acceptors (Lipinski definition) is 14. The van der Waals surface area contributed by atoms with Crippen molar-refractivity contribution < 1.29 is 47.0 Å². The molecule has 4 aromatic rings. The van der Waals surface area contributed by atoms with Crippen LogP contribution in [0.3, 0.4) is 0 Å². The number of ether oxygens (including phenoxy) is 3. The highest BCUT2D eigenvalue weighted by molar-refractivity contribution is 6.25. The van der Waals surface area contributed by atoms with Crippen molar-refractivity contribution in [2.45, 2.75) is 88.1 Å². The van der Waals surface area contributed by atoms with E-state index in [1.807, 2.05) is 6.07 Å². The van der Waals surface area contributed by atoms with E-state index in [0.717, 1.165) is 69.0 Å². The number of imide groups is 2. The number of carbonyl (C=O) groups is 5. The maximum Gasteiger partial charge on any atom is 0.284 e. The van der Waals surface area contributed by atoms with Gasteiger partial charge < -0.3 is 29.7 Å². The zero-order valence-corrected chi connectivity index (χ0v) is 35.7. The van der Waals surface area contributed by atoms with E-state index in [2.05, 4.69) is 35.9 Å². The van der Waals surface area contributed by atoms with E-state index in [4.69, 9.17) is 19.2 Å². The number of nitrogens with zero attached hydrogens (tertiary/aromatic N) is 8. The van der Waals surface area contributed by atoms with E-state index in [0.29, 0.717) is 56.6 Å². The van der Waals surface area contributed by atoms with Crippen molar-refractivity contribution in [1.82, 2.24) is 39.5 Å². The van der Waals surface area contributed by atoms with Gasteiger partial charge in [0.15, 0.2) is 11.3 Å². The average Bonchev–Trinajstić information content (AvgIpc) is 4.15. The fraction of sp³-hybridized carbons (Fsp3) is 0.545. The van der Waals surface area contributed by atoms with Gasteiger partial charge in [0.1, 0.15) is 17.4 Å². The first kappa shape index (κ1) is 43.0. The van der Waals surface area contributed by atoms with Gasteiger partial charge in [-0.15, -0.1) is 0 Å². The van der Waals surface area contributed by atoms with Crippen LogP contribution in [0.5, 0.6) is 0 Å². The average molecular weight is 900 g/mol. The van der Waals surface area contributed by atoms with Crippen LogP contribution in [0.25, 0.3) is 5.65 Å². The number of rotatable bonds is 15. The summed E-state index contributed by atoms with van der Waals surface area (Å²) in [5.41, 5.74) is 0.971. The zero-order valence-electron chi connectivity index (χ0n) is 35.7. The summed E-state index contributed by atoms with van der Waals surface area (Å²) in [6, 6.07) is 5.96. The summed E-state index contributed by atoms with van der Waals surface area (Å²) in [6.45, 7) is 5.73. The van der Waals surface area contributed by atoms with E-state index in [1.54, 1.807) is 29.1 Å². The molecule has 3 N–H and O–H groups in total. The van der Waals surface area contributed by atoms with Crippen LogP contribution in [0, 0.1) is 5.92 Å². The highest BCUT2D eigenvalue weighted by Gasteiger charge is 2.46. The van der Waals surface area contributed by atoms with E-state index >= 15 is 0 Å². The zero-order chi connectivity index (χ0) is 44.8. The number of amides is 5. The summed E-state index contributed by atoms with van der Waals surface area (Å²) < 4.78 is 49.4. The van der Waals surface area contributed by atoms with Gasteiger partial charge in [-0.3, -0.25) is 43.8 Å². The Kier molecular flexibility index (Phi) is 12.0. The summed E-state index contributed by atoms with van der Waals surface area (Å²) in [7, 11) is 0. The van der Waals surface area contributed by atoms with Gasteiger partial charge >= 0.3 is 0 Å². The van der Waals surface area contributed by atoms with Gasteiger partial charge in [-0.05, 0) is 69.1 Å². The van der Waals surface area contributed by atoms with E-state index in [-0.39, 0.29) is 59.5 Å². The van der Waals surface area contributed by atoms with Crippen molar-refractivity contribution in [2.24, 2.45) is 5.92 Å². The lowest BCUT2D eigenvalue weighted by molar-refractivity contribution is -0.136. The van der Waals surface area contributed by atoms with Crippen molar-refractivity contribution in [2.75, 3.05) is 74.7 Å². The molecule has 2 bridgehead atoms. The van der Waals surface area contributed by atoms with Gasteiger partial charge in [0.05, 0.1) is 67.1 Å². The molecule has 5 aliphatic heterocycles. The van der Waals surface area contributed by atoms with Crippen LogP contribution < -0.4 is 20.9 Å². The minimum absolute atomic E-state index is 0.0249. The van der Waals surface area contributed by atoms with Gasteiger partial charge in [0.25, 0.3) is 24.1 Å². The SMILES string of the molecule is O=C1CCC(N2C(=O)c3cccc(NCCCOC[C@@H]4CN(CC5CCC(n6cc(NC(=O)c7cnn8ccc(N9C[C@H]%10C[C@@H]9CO%10)nc78)c(C(F)F)n6)CC5)CCO4)c3C2=O)C(=O)N1. The maximum absolute atomic E-state index is 14.3. The van der Waals surface area contributed by atoms with Crippen molar-refractivity contribution in [3.05, 3.63) is 65.2 Å². The molecule has 19 nitrogen and oxygen atoms in total. The summed E-state index contributed by atoms with van der Waals surface area (Å²) in [6.07, 6.45) is 6.93. The molecule has 1 saturated carbocycles. The maximum atomic E-state index is 14.3. The molecule has 0 spiro atoms. The molecule has 21 heteroatoms. The number of aromatic nitrogens is 5. The van der Waals surface area contributed by atoms with Gasteiger partial charge in [0, 0.05) is 63.8 Å². The van der Waals surface area contributed by atoms with Gasteiger partial charge in [-0.25, -0.2) is 18.3 Å². The van der Waals surface area contributed by atoms with Gasteiger partial charge in [-0.2, -0.15) is 10.2 Å². The van der Waals surface area contributed by atoms with Crippen molar-refractivity contribution in [3.63, 3.8) is 0 Å². The molecule has 4 atom stereocenters. The molecule has 6 aliphatic rings. The molecule has 1 aromatic carbocycles. The Bertz CT molecular complexity index is 2490. The second-order valence-electron chi connectivity index (χ2n) is 17.7. The number of carbonyl (C=O) groups excluding carboxylic acids is 5. The fourth-order valence-electron chi connectivity index (χ4n) is 10.2. The molecule has 1 unspecified atom stereocenters. The first-order chi connectivity index (χ1) is 31.6. The Morgan fingerprint density at radius 1 is 1.00 bits per heavy atom. The lowest BCUT2D eigenvalue weighted by Gasteiger charge is -2.37. The quantitative estimate of drug-likeness (QED) is 0.116. The van der Waals surface area contributed by atoms with E-state index < -0.39 is 47.7 Å². The number of hydrogen-bond donors (Lipinski definition) is 3. The molecule has 1 aliphatic carbocycles. The molecule has 10 rings (SSSR count). The largest absolute Gasteiger partial charge is 0.384 e. The smallest absolute Gasteiger partial charge is 0.284 e. The summed E-state index contributed by atoms with van der Waals surface area (Å²) in [5, 5.41) is 16.7. The number of piperidine rings is 1. The van der Waals surface area contributed by atoms with Crippen LogP contribution >= 0.6 is 0 Å². The standard InChI is InChI=1S/C44H51F2N11O8/c45-39(46)38-33(49-41(59)31-18-48-55-13-11-35(50-40(31)55)54-21-28-17-27(54)23-65-28)22-56(52-38)26-7-5-25(6-8-26)19-53-14-16-64-29(20-53)24-63-15-2-12-47-32-4-1-3-30-37(32)44(62)57(43(30)61)34-9-10-36(58)51-42(34)60/h1,3-4,11,13,18,22,25-29,34,39,47H,2,5-10,12,14-17,19-21,23-24H2,(H,49,59)(H,51,58,60)/t25?,26?,27-,28-,29+,34?/m1/s1. The van der Waals surface area contributed by atoms with Crippen molar-refractivity contribution in [3.8, 4) is 0 Å². The third-order valence-electron chi connectivity index (χ3n) is 13.5. The van der Waals surface area contributed by atoms with Gasteiger partial charge in [0.2, 0.25) is 11.8 Å². The molecular weight excluding hydrogens is 849 g/mol. The Balaban J connectivity index is 0.665. The number of fused-ring (bicyclic) bond motifs is 4. The first-order valence-corrected chi connectivity index (χ1v) is 22.5. The summed E-state index contributed by atoms with van der Waals surface area (Å²) in [5.74, 6) is -1.61. The van der Waals surface area contributed by atoms with Crippen molar-refractivity contribution >= 4 is 52.4 Å². The number of morpholine rings is 2. The third-order valence-corrected chi connectivity index (χ3v) is 13.5. The summed E-state index contributed by atoms with van der Waals surface area (Å²) >= 11 is 0. The monoisotopic (exact) mass is 899 g/mol. The number of benzene rings is 1.